The maximum absolute atomic E-state index is 12.0. The van der Waals surface area contributed by atoms with Crippen molar-refractivity contribution in [2.75, 3.05) is 26.2 Å². The second-order valence-electron chi connectivity index (χ2n) is 7.60. The summed E-state index contributed by atoms with van der Waals surface area (Å²) < 4.78 is 5.69. The standard InChI is InChI=1S/C17H31N3O4/c1-4-20(11-15(21)22)14-7-13(8-14)19-16(23)18-10-12-5-6-24-17(2,3)9-12/h12-14H,4-11H2,1-3H3,(H,21,22)(H2,18,19,23). The summed E-state index contributed by atoms with van der Waals surface area (Å²) >= 11 is 0. The van der Waals surface area contributed by atoms with Crippen molar-refractivity contribution in [1.82, 2.24) is 15.5 Å². The van der Waals surface area contributed by atoms with Crippen LogP contribution in [0.15, 0.2) is 0 Å². The molecule has 2 amide bonds. The normalized spacial score (nSPS) is 28.9. The molecule has 0 spiro atoms. The van der Waals surface area contributed by atoms with Gasteiger partial charge in [-0.25, -0.2) is 4.79 Å². The first kappa shape index (κ1) is 19.0. The van der Waals surface area contributed by atoms with E-state index >= 15 is 0 Å². The third kappa shape index (κ3) is 5.63. The van der Waals surface area contributed by atoms with Gasteiger partial charge in [-0.1, -0.05) is 6.92 Å². The van der Waals surface area contributed by atoms with Crippen molar-refractivity contribution in [2.24, 2.45) is 5.92 Å². The maximum Gasteiger partial charge on any atom is 0.317 e. The molecule has 1 saturated carbocycles. The zero-order valence-corrected chi connectivity index (χ0v) is 15.0. The lowest BCUT2D eigenvalue weighted by molar-refractivity contribution is -0.139. The van der Waals surface area contributed by atoms with Crippen LogP contribution >= 0.6 is 0 Å². The molecule has 1 saturated heterocycles. The quantitative estimate of drug-likeness (QED) is 0.652. The van der Waals surface area contributed by atoms with Crippen molar-refractivity contribution in [2.45, 2.75) is 64.1 Å². The van der Waals surface area contributed by atoms with Crippen LogP contribution in [0.4, 0.5) is 4.79 Å². The van der Waals surface area contributed by atoms with Crippen LogP contribution in [0.25, 0.3) is 0 Å². The van der Waals surface area contributed by atoms with E-state index in [1.807, 2.05) is 11.8 Å². The van der Waals surface area contributed by atoms with Gasteiger partial charge >= 0.3 is 12.0 Å². The Morgan fingerprint density at radius 2 is 2.04 bits per heavy atom. The highest BCUT2D eigenvalue weighted by Gasteiger charge is 2.35. The number of hydrogen-bond acceptors (Lipinski definition) is 4. The first-order valence-corrected chi connectivity index (χ1v) is 8.93. The first-order chi connectivity index (χ1) is 11.3. The molecule has 7 nitrogen and oxygen atoms in total. The predicted molar refractivity (Wildman–Crippen MR) is 91.0 cm³/mol. The second-order valence-corrected chi connectivity index (χ2v) is 7.60. The Labute approximate surface area is 144 Å². The van der Waals surface area contributed by atoms with Crippen LogP contribution < -0.4 is 10.6 Å². The van der Waals surface area contributed by atoms with Crippen molar-refractivity contribution >= 4 is 12.0 Å². The molecule has 1 unspecified atom stereocenters. The number of carboxylic acids is 1. The van der Waals surface area contributed by atoms with Gasteiger partial charge in [0, 0.05) is 25.2 Å². The number of carboxylic acid groups (broad SMARTS) is 1. The molecule has 0 aromatic carbocycles. The molecular weight excluding hydrogens is 310 g/mol. The summed E-state index contributed by atoms with van der Waals surface area (Å²) in [7, 11) is 0. The van der Waals surface area contributed by atoms with E-state index in [4.69, 9.17) is 9.84 Å². The van der Waals surface area contributed by atoms with Gasteiger partial charge in [0.15, 0.2) is 0 Å². The zero-order chi connectivity index (χ0) is 17.7. The lowest BCUT2D eigenvalue weighted by atomic mass is 9.85. The molecule has 0 aromatic heterocycles. The third-order valence-electron chi connectivity index (χ3n) is 5.06. The van der Waals surface area contributed by atoms with Crippen molar-refractivity contribution in [3.8, 4) is 0 Å². The molecular formula is C17H31N3O4. The molecule has 24 heavy (non-hydrogen) atoms. The smallest absolute Gasteiger partial charge is 0.317 e. The average molecular weight is 341 g/mol. The number of likely N-dealkylation sites (N-methyl/N-ethyl adjacent to an activating group) is 1. The van der Waals surface area contributed by atoms with Gasteiger partial charge in [-0.2, -0.15) is 0 Å². The monoisotopic (exact) mass is 341 g/mol. The fraction of sp³-hybridized carbons (Fsp3) is 0.882. The van der Waals surface area contributed by atoms with Gasteiger partial charge in [-0.3, -0.25) is 9.69 Å². The van der Waals surface area contributed by atoms with Gasteiger partial charge in [0.25, 0.3) is 0 Å². The Bertz CT molecular complexity index is 449. The fourth-order valence-corrected chi connectivity index (χ4v) is 3.68. The maximum atomic E-state index is 12.0. The summed E-state index contributed by atoms with van der Waals surface area (Å²) in [4.78, 5) is 24.8. The van der Waals surface area contributed by atoms with Gasteiger partial charge in [-0.05, 0) is 52.0 Å². The van der Waals surface area contributed by atoms with Crippen LogP contribution in [0.5, 0.6) is 0 Å². The number of amides is 2. The van der Waals surface area contributed by atoms with E-state index in [2.05, 4.69) is 24.5 Å². The number of carbonyl (C=O) groups excluding carboxylic acids is 1. The van der Waals surface area contributed by atoms with Crippen LogP contribution in [0.3, 0.4) is 0 Å². The number of aliphatic carboxylic acids is 1. The predicted octanol–water partition coefficient (Wildman–Crippen LogP) is 1.43. The van der Waals surface area contributed by atoms with E-state index in [0.29, 0.717) is 12.5 Å². The molecule has 138 valence electrons. The van der Waals surface area contributed by atoms with Crippen molar-refractivity contribution in [1.29, 1.82) is 0 Å². The first-order valence-electron chi connectivity index (χ1n) is 8.93. The van der Waals surface area contributed by atoms with E-state index < -0.39 is 5.97 Å². The number of rotatable bonds is 7. The Morgan fingerprint density at radius 1 is 1.33 bits per heavy atom. The molecule has 1 heterocycles. The topological polar surface area (TPSA) is 90.9 Å². The Morgan fingerprint density at radius 3 is 2.62 bits per heavy atom. The Balaban J connectivity index is 1.63. The lowest BCUT2D eigenvalue weighted by Gasteiger charge is -2.42. The highest BCUT2D eigenvalue weighted by atomic mass is 16.5. The van der Waals surface area contributed by atoms with Gasteiger partial charge in [0.2, 0.25) is 0 Å². The van der Waals surface area contributed by atoms with Crippen LogP contribution in [-0.4, -0.2) is 65.9 Å². The zero-order valence-electron chi connectivity index (χ0n) is 15.0. The molecule has 2 fully saturated rings. The number of urea groups is 1. The van der Waals surface area contributed by atoms with Gasteiger partial charge in [0.05, 0.1) is 12.1 Å². The third-order valence-corrected chi connectivity index (χ3v) is 5.06. The molecule has 3 N–H and O–H groups in total. The summed E-state index contributed by atoms with van der Waals surface area (Å²) in [6.07, 6.45) is 3.58. The van der Waals surface area contributed by atoms with Crippen LogP contribution in [-0.2, 0) is 9.53 Å². The summed E-state index contributed by atoms with van der Waals surface area (Å²) in [5.41, 5.74) is -0.101. The highest BCUT2D eigenvalue weighted by Crippen LogP contribution is 2.28. The number of nitrogens with one attached hydrogen (secondary N) is 2. The minimum absolute atomic E-state index is 0.0691. The van der Waals surface area contributed by atoms with E-state index in [9.17, 15) is 9.59 Å². The molecule has 1 atom stereocenters. The molecule has 2 rings (SSSR count). The van der Waals surface area contributed by atoms with E-state index in [1.54, 1.807) is 0 Å². The van der Waals surface area contributed by atoms with E-state index in [-0.39, 0.29) is 30.3 Å². The molecule has 2 aliphatic rings. The SMILES string of the molecule is CCN(CC(=O)O)C1CC(NC(=O)NCC2CCOC(C)(C)C2)C1. The van der Waals surface area contributed by atoms with E-state index in [0.717, 1.165) is 38.8 Å². The number of nitrogens with zero attached hydrogens (tertiary/aromatic N) is 1. The van der Waals surface area contributed by atoms with Crippen molar-refractivity contribution < 1.29 is 19.4 Å². The molecule has 0 radical (unpaired) electrons. The number of ether oxygens (including phenoxy) is 1. The minimum atomic E-state index is -0.801. The fourth-order valence-electron chi connectivity index (χ4n) is 3.68. The summed E-state index contributed by atoms with van der Waals surface area (Å²) in [6, 6.07) is 0.278. The van der Waals surface area contributed by atoms with Crippen molar-refractivity contribution in [3.05, 3.63) is 0 Å². The van der Waals surface area contributed by atoms with Gasteiger partial charge in [-0.15, -0.1) is 0 Å². The molecule has 0 aromatic rings. The van der Waals surface area contributed by atoms with E-state index in [1.165, 1.54) is 0 Å². The Hall–Kier alpha value is -1.34. The lowest BCUT2D eigenvalue weighted by Crippen LogP contribution is -2.56. The minimum Gasteiger partial charge on any atom is -0.480 e. The highest BCUT2D eigenvalue weighted by molar-refractivity contribution is 5.74. The Kier molecular flexibility index (Phi) is 6.46. The molecule has 7 heteroatoms. The van der Waals surface area contributed by atoms with Gasteiger partial charge < -0.3 is 20.5 Å². The van der Waals surface area contributed by atoms with Gasteiger partial charge in [0.1, 0.15) is 0 Å². The molecule has 1 aliphatic heterocycles. The average Bonchev–Trinajstić information content (AvgIpc) is 2.45. The van der Waals surface area contributed by atoms with Crippen LogP contribution in [0.2, 0.25) is 0 Å². The molecule has 0 bridgehead atoms. The van der Waals surface area contributed by atoms with Crippen LogP contribution in [0.1, 0.15) is 46.5 Å². The molecule has 1 aliphatic carbocycles. The summed E-state index contributed by atoms with van der Waals surface area (Å²) in [5, 5.41) is 14.8. The number of carbonyl (C=O) groups is 2. The van der Waals surface area contributed by atoms with Crippen molar-refractivity contribution in [3.63, 3.8) is 0 Å². The second kappa shape index (κ2) is 8.16. The summed E-state index contributed by atoms with van der Waals surface area (Å²) in [5.74, 6) is -0.342. The number of hydrogen-bond donors (Lipinski definition) is 3. The summed E-state index contributed by atoms with van der Waals surface area (Å²) in [6.45, 7) is 8.35. The largest absolute Gasteiger partial charge is 0.480 e. The van der Waals surface area contributed by atoms with Crippen LogP contribution in [0, 0.1) is 5.92 Å².